The fourth-order valence-electron chi connectivity index (χ4n) is 2.46. The highest BCUT2D eigenvalue weighted by atomic mass is 16.2. The molecular formula is C13H22N4O2. The van der Waals surface area contributed by atoms with Crippen molar-refractivity contribution in [2.45, 2.75) is 40.2 Å². The third-order valence-electron chi connectivity index (χ3n) is 4.29. The van der Waals surface area contributed by atoms with Gasteiger partial charge in [-0.15, -0.1) is 0 Å². The first-order valence-electron chi connectivity index (χ1n) is 6.78. The molecule has 0 atom stereocenters. The van der Waals surface area contributed by atoms with Crippen LogP contribution in [0.2, 0.25) is 0 Å². The van der Waals surface area contributed by atoms with E-state index < -0.39 is 11.2 Å². The number of rotatable bonds is 5. The maximum atomic E-state index is 11.8. The van der Waals surface area contributed by atoms with Crippen molar-refractivity contribution in [3.8, 4) is 0 Å². The van der Waals surface area contributed by atoms with Gasteiger partial charge in [0.1, 0.15) is 11.5 Å². The van der Waals surface area contributed by atoms with Crippen molar-refractivity contribution >= 4 is 11.5 Å². The minimum absolute atomic E-state index is 0.218. The Bertz CT molecular complexity index is 581. The van der Waals surface area contributed by atoms with Gasteiger partial charge in [0.25, 0.3) is 5.56 Å². The molecule has 0 saturated heterocycles. The number of H-pyrrole nitrogens is 1. The van der Waals surface area contributed by atoms with Crippen molar-refractivity contribution in [2.24, 2.45) is 11.3 Å². The average Bonchev–Trinajstić information content (AvgIpc) is 3.10. The Morgan fingerprint density at radius 1 is 1.42 bits per heavy atom. The normalized spacial score (nSPS) is 16.6. The molecule has 106 valence electrons. The standard InChI is InChI=1S/C13H22N4O2/c1-4-17-10(14)9(11(18)16-12(17)19)15-7-13(5-6-13)8(2)3/h8,15H,4-7,14H2,1-3H3,(H,16,18,19). The third kappa shape index (κ3) is 2.39. The fraction of sp³-hybridized carbons (Fsp3) is 0.692. The van der Waals surface area contributed by atoms with Crippen molar-refractivity contribution in [3.05, 3.63) is 20.8 Å². The number of aromatic amines is 1. The second-order valence-corrected chi connectivity index (χ2v) is 5.63. The van der Waals surface area contributed by atoms with Crippen LogP contribution in [-0.4, -0.2) is 16.1 Å². The number of nitrogens with zero attached hydrogens (tertiary/aromatic N) is 1. The molecule has 1 heterocycles. The molecule has 6 nitrogen and oxygen atoms in total. The highest BCUT2D eigenvalue weighted by molar-refractivity contribution is 5.60. The molecule has 0 radical (unpaired) electrons. The van der Waals surface area contributed by atoms with E-state index in [1.165, 1.54) is 17.4 Å². The summed E-state index contributed by atoms with van der Waals surface area (Å²) in [4.78, 5) is 25.7. The summed E-state index contributed by atoms with van der Waals surface area (Å²) in [6.07, 6.45) is 2.34. The molecule has 0 aromatic carbocycles. The quantitative estimate of drug-likeness (QED) is 0.741. The van der Waals surface area contributed by atoms with Crippen LogP contribution in [0.1, 0.15) is 33.6 Å². The summed E-state index contributed by atoms with van der Waals surface area (Å²) < 4.78 is 1.36. The summed E-state index contributed by atoms with van der Waals surface area (Å²) in [5, 5.41) is 3.14. The monoisotopic (exact) mass is 266 g/mol. The van der Waals surface area contributed by atoms with Crippen LogP contribution in [0.5, 0.6) is 0 Å². The number of nitrogens with two attached hydrogens (primary N) is 1. The zero-order valence-corrected chi connectivity index (χ0v) is 11.7. The number of anilines is 2. The first kappa shape index (κ1) is 13.7. The Morgan fingerprint density at radius 3 is 2.53 bits per heavy atom. The third-order valence-corrected chi connectivity index (χ3v) is 4.29. The molecule has 1 aromatic heterocycles. The van der Waals surface area contributed by atoms with Gasteiger partial charge in [-0.2, -0.15) is 0 Å². The number of nitrogen functional groups attached to an aromatic ring is 1. The van der Waals surface area contributed by atoms with E-state index in [1.54, 1.807) is 0 Å². The van der Waals surface area contributed by atoms with E-state index in [-0.39, 0.29) is 11.2 Å². The zero-order valence-electron chi connectivity index (χ0n) is 11.7. The molecule has 1 aliphatic rings. The number of nitrogens with one attached hydrogen (secondary N) is 2. The number of hydrogen-bond donors (Lipinski definition) is 3. The second kappa shape index (κ2) is 4.75. The van der Waals surface area contributed by atoms with Gasteiger partial charge in [0.2, 0.25) is 0 Å². The summed E-state index contributed by atoms with van der Waals surface area (Å²) >= 11 is 0. The highest BCUT2D eigenvalue weighted by Gasteiger charge is 2.45. The Balaban J connectivity index is 2.26. The van der Waals surface area contributed by atoms with E-state index in [4.69, 9.17) is 5.73 Å². The fourth-order valence-corrected chi connectivity index (χ4v) is 2.46. The predicted octanol–water partition coefficient (Wildman–Crippen LogP) is 0.987. The molecule has 0 amide bonds. The summed E-state index contributed by atoms with van der Waals surface area (Å²) in [5.74, 6) is 0.785. The van der Waals surface area contributed by atoms with Crippen molar-refractivity contribution in [2.75, 3.05) is 17.6 Å². The smallest absolute Gasteiger partial charge is 0.330 e. The molecule has 0 aliphatic heterocycles. The van der Waals surface area contributed by atoms with Crippen LogP contribution >= 0.6 is 0 Å². The van der Waals surface area contributed by atoms with E-state index in [9.17, 15) is 9.59 Å². The second-order valence-electron chi connectivity index (χ2n) is 5.63. The van der Waals surface area contributed by atoms with Crippen molar-refractivity contribution in [1.82, 2.24) is 9.55 Å². The van der Waals surface area contributed by atoms with Gasteiger partial charge in [0.15, 0.2) is 0 Å². The van der Waals surface area contributed by atoms with Crippen molar-refractivity contribution < 1.29 is 0 Å². The summed E-state index contributed by atoms with van der Waals surface area (Å²) in [6, 6.07) is 0. The SMILES string of the molecule is CCn1c(N)c(NCC2(C(C)C)CC2)c(=O)[nH]c1=O. The van der Waals surface area contributed by atoms with Gasteiger partial charge >= 0.3 is 5.69 Å². The van der Waals surface area contributed by atoms with E-state index in [0.717, 1.165) is 6.54 Å². The van der Waals surface area contributed by atoms with Gasteiger partial charge in [-0.3, -0.25) is 14.3 Å². The van der Waals surface area contributed by atoms with Crippen LogP contribution in [-0.2, 0) is 6.54 Å². The molecule has 0 spiro atoms. The zero-order chi connectivity index (χ0) is 14.2. The van der Waals surface area contributed by atoms with Gasteiger partial charge < -0.3 is 11.1 Å². The summed E-state index contributed by atoms with van der Waals surface area (Å²) in [5.41, 5.74) is 5.59. The first-order chi connectivity index (χ1) is 8.91. The molecule has 2 rings (SSSR count). The number of hydrogen-bond acceptors (Lipinski definition) is 4. The lowest BCUT2D eigenvalue weighted by Crippen LogP contribution is -2.35. The lowest BCUT2D eigenvalue weighted by Gasteiger charge is -2.21. The summed E-state index contributed by atoms with van der Waals surface area (Å²) in [6.45, 7) is 7.35. The minimum Gasteiger partial charge on any atom is -0.383 e. The van der Waals surface area contributed by atoms with Crippen LogP contribution in [0.15, 0.2) is 9.59 Å². The van der Waals surface area contributed by atoms with E-state index >= 15 is 0 Å². The van der Waals surface area contributed by atoms with Crippen LogP contribution in [0.25, 0.3) is 0 Å². The molecular weight excluding hydrogens is 244 g/mol. The Labute approximate surface area is 112 Å². The van der Waals surface area contributed by atoms with Crippen LogP contribution < -0.4 is 22.3 Å². The van der Waals surface area contributed by atoms with Gasteiger partial charge in [0, 0.05) is 13.1 Å². The highest BCUT2D eigenvalue weighted by Crippen LogP contribution is 2.51. The van der Waals surface area contributed by atoms with Crippen LogP contribution in [0, 0.1) is 11.3 Å². The first-order valence-corrected chi connectivity index (χ1v) is 6.78. The van der Waals surface area contributed by atoms with E-state index in [0.29, 0.717) is 18.2 Å². The topological polar surface area (TPSA) is 92.9 Å². The number of aromatic nitrogens is 2. The van der Waals surface area contributed by atoms with Crippen molar-refractivity contribution in [3.63, 3.8) is 0 Å². The molecule has 6 heteroatoms. The minimum atomic E-state index is -0.458. The lowest BCUT2D eigenvalue weighted by molar-refractivity contribution is 0.380. The predicted molar refractivity (Wildman–Crippen MR) is 76.4 cm³/mol. The van der Waals surface area contributed by atoms with Crippen molar-refractivity contribution in [1.29, 1.82) is 0 Å². The molecule has 1 aromatic rings. The van der Waals surface area contributed by atoms with Gasteiger partial charge in [-0.25, -0.2) is 4.79 Å². The van der Waals surface area contributed by atoms with Crippen LogP contribution in [0.4, 0.5) is 11.5 Å². The molecule has 1 fully saturated rings. The maximum absolute atomic E-state index is 11.8. The molecule has 19 heavy (non-hydrogen) atoms. The molecule has 1 saturated carbocycles. The Morgan fingerprint density at radius 2 is 2.05 bits per heavy atom. The van der Waals surface area contributed by atoms with Gasteiger partial charge in [-0.05, 0) is 31.1 Å². The Kier molecular flexibility index (Phi) is 3.43. The Hall–Kier alpha value is -1.72. The lowest BCUT2D eigenvalue weighted by atomic mass is 9.92. The molecule has 4 N–H and O–H groups in total. The van der Waals surface area contributed by atoms with E-state index in [1.807, 2.05) is 6.92 Å². The van der Waals surface area contributed by atoms with Gasteiger partial charge in [-0.1, -0.05) is 13.8 Å². The average molecular weight is 266 g/mol. The summed E-state index contributed by atoms with van der Waals surface area (Å²) in [7, 11) is 0. The molecule has 0 unspecified atom stereocenters. The molecule has 1 aliphatic carbocycles. The maximum Gasteiger partial charge on any atom is 0.330 e. The van der Waals surface area contributed by atoms with Gasteiger partial charge in [0.05, 0.1) is 0 Å². The van der Waals surface area contributed by atoms with E-state index in [2.05, 4.69) is 24.1 Å². The largest absolute Gasteiger partial charge is 0.383 e. The van der Waals surface area contributed by atoms with Crippen LogP contribution in [0.3, 0.4) is 0 Å². The molecule has 0 bridgehead atoms.